The lowest BCUT2D eigenvalue weighted by molar-refractivity contribution is -0.162. The van der Waals surface area contributed by atoms with Crippen LogP contribution in [0.5, 0.6) is 0 Å². The van der Waals surface area contributed by atoms with Crippen molar-refractivity contribution in [2.24, 2.45) is 23.2 Å². The number of ketones is 1. The number of carbonyl (C=O) groups is 1. The molecule has 4 nitrogen and oxygen atoms in total. The van der Waals surface area contributed by atoms with Gasteiger partial charge in [-0.15, -0.1) is 0 Å². The predicted molar refractivity (Wildman–Crippen MR) is 108 cm³/mol. The molecule has 0 spiro atoms. The van der Waals surface area contributed by atoms with Crippen molar-refractivity contribution < 1.29 is 14.3 Å². The Bertz CT molecular complexity index is 763. The summed E-state index contributed by atoms with van der Waals surface area (Å²) >= 11 is 0. The first-order valence-corrected chi connectivity index (χ1v) is 11.2. The van der Waals surface area contributed by atoms with Gasteiger partial charge in [-0.1, -0.05) is 20.3 Å². The van der Waals surface area contributed by atoms with Gasteiger partial charge < -0.3 is 9.52 Å². The molecular weight excluding hydrogens is 352 g/mol. The third-order valence-electron chi connectivity index (χ3n) is 8.66. The number of fused-ring (bicyclic) bond motifs is 3. The maximum absolute atomic E-state index is 12.1. The molecule has 3 aliphatic carbocycles. The third-order valence-corrected chi connectivity index (χ3v) is 8.66. The van der Waals surface area contributed by atoms with Crippen molar-refractivity contribution in [2.45, 2.75) is 89.6 Å². The molecule has 0 saturated heterocycles. The second-order valence-electron chi connectivity index (χ2n) is 9.93. The van der Waals surface area contributed by atoms with E-state index in [2.05, 4.69) is 13.8 Å². The van der Waals surface area contributed by atoms with Crippen LogP contribution in [-0.4, -0.2) is 16.5 Å². The zero-order valence-electron chi connectivity index (χ0n) is 17.3. The van der Waals surface area contributed by atoms with Crippen LogP contribution in [0.3, 0.4) is 0 Å². The van der Waals surface area contributed by atoms with E-state index in [-0.39, 0.29) is 17.0 Å². The van der Waals surface area contributed by atoms with Gasteiger partial charge in [-0.25, -0.2) is 4.79 Å². The first-order valence-electron chi connectivity index (χ1n) is 11.2. The van der Waals surface area contributed by atoms with Gasteiger partial charge in [0.2, 0.25) is 0 Å². The molecule has 154 valence electrons. The number of rotatable bonds is 1. The zero-order valence-corrected chi connectivity index (χ0v) is 17.3. The van der Waals surface area contributed by atoms with Crippen LogP contribution in [0.2, 0.25) is 0 Å². The van der Waals surface area contributed by atoms with E-state index >= 15 is 0 Å². The summed E-state index contributed by atoms with van der Waals surface area (Å²) in [7, 11) is 0. The molecule has 6 atom stereocenters. The topological polar surface area (TPSA) is 67.5 Å². The minimum absolute atomic E-state index is 0.187. The minimum Gasteiger partial charge on any atom is -0.431 e. The van der Waals surface area contributed by atoms with E-state index in [1.807, 2.05) is 6.07 Å². The molecule has 3 fully saturated rings. The lowest BCUT2D eigenvalue weighted by Crippen LogP contribution is -2.56. The SMILES string of the molecule is CC1CCC(=O)CCCCC2C1CCC1(C)C(c3ccc(=O)oc3)CCC21O. The largest absolute Gasteiger partial charge is 0.431 e. The van der Waals surface area contributed by atoms with Crippen molar-refractivity contribution in [3.05, 3.63) is 34.4 Å². The highest BCUT2D eigenvalue weighted by Crippen LogP contribution is 2.66. The molecule has 1 N–H and O–H groups in total. The van der Waals surface area contributed by atoms with Gasteiger partial charge in [-0.05, 0) is 80.2 Å². The molecule has 1 heterocycles. The minimum atomic E-state index is -0.672. The predicted octanol–water partition coefficient (Wildman–Crippen LogP) is 4.84. The normalized spacial score (nSPS) is 41.9. The summed E-state index contributed by atoms with van der Waals surface area (Å²) in [4.78, 5) is 23.4. The molecule has 6 unspecified atom stereocenters. The average Bonchev–Trinajstić information content (AvgIpc) is 2.95. The Kier molecular flexibility index (Phi) is 5.28. The second-order valence-corrected chi connectivity index (χ2v) is 9.93. The van der Waals surface area contributed by atoms with E-state index in [0.717, 1.165) is 56.9 Å². The summed E-state index contributed by atoms with van der Waals surface area (Å²) in [6, 6.07) is 3.39. The van der Waals surface area contributed by atoms with Crippen LogP contribution in [0, 0.1) is 23.2 Å². The van der Waals surface area contributed by atoms with Crippen molar-refractivity contribution in [1.29, 1.82) is 0 Å². The summed E-state index contributed by atoms with van der Waals surface area (Å²) in [5.41, 5.74) is -0.126. The van der Waals surface area contributed by atoms with Gasteiger partial charge in [-0.3, -0.25) is 4.79 Å². The molecule has 4 rings (SSSR count). The van der Waals surface area contributed by atoms with Crippen molar-refractivity contribution in [2.75, 3.05) is 0 Å². The van der Waals surface area contributed by atoms with Crippen LogP contribution in [0.4, 0.5) is 0 Å². The van der Waals surface area contributed by atoms with Crippen molar-refractivity contribution in [3.8, 4) is 0 Å². The van der Waals surface area contributed by atoms with Crippen LogP contribution in [0.1, 0.15) is 89.5 Å². The smallest absolute Gasteiger partial charge is 0.335 e. The van der Waals surface area contributed by atoms with Crippen LogP contribution in [-0.2, 0) is 4.79 Å². The molecule has 3 aliphatic rings. The Balaban J connectivity index is 1.65. The average molecular weight is 387 g/mol. The van der Waals surface area contributed by atoms with Gasteiger partial charge in [0.05, 0.1) is 11.9 Å². The maximum Gasteiger partial charge on any atom is 0.335 e. The van der Waals surface area contributed by atoms with Gasteiger partial charge >= 0.3 is 5.63 Å². The summed E-state index contributed by atoms with van der Waals surface area (Å²) in [6.07, 6.45) is 10.8. The second kappa shape index (κ2) is 7.44. The zero-order chi connectivity index (χ0) is 19.9. The molecule has 0 bridgehead atoms. The Hall–Kier alpha value is -1.42. The molecule has 4 heteroatoms. The van der Waals surface area contributed by atoms with Gasteiger partial charge in [0, 0.05) is 24.3 Å². The van der Waals surface area contributed by atoms with Crippen LogP contribution >= 0.6 is 0 Å². The Labute approximate surface area is 167 Å². The Morgan fingerprint density at radius 2 is 1.86 bits per heavy atom. The fourth-order valence-electron chi connectivity index (χ4n) is 6.94. The number of hydrogen-bond acceptors (Lipinski definition) is 4. The number of aliphatic hydroxyl groups is 1. The standard InChI is InChI=1S/C24H34O4/c1-16-7-9-18(25)5-3-4-6-21-19(16)11-13-23(2)20(12-14-24(21,23)27)17-8-10-22(26)28-15-17/h8,10,15-16,19-21,27H,3-7,9,11-14H2,1-2H3. The summed E-state index contributed by atoms with van der Waals surface area (Å²) in [5, 5.41) is 12.1. The third kappa shape index (κ3) is 3.18. The highest BCUT2D eigenvalue weighted by atomic mass is 16.4. The summed E-state index contributed by atoms with van der Waals surface area (Å²) in [6.45, 7) is 4.55. The van der Waals surface area contributed by atoms with Crippen LogP contribution in [0.25, 0.3) is 0 Å². The van der Waals surface area contributed by atoms with Crippen molar-refractivity contribution >= 4 is 5.78 Å². The number of carbonyl (C=O) groups excluding carboxylic acids is 1. The monoisotopic (exact) mass is 386 g/mol. The highest BCUT2D eigenvalue weighted by Gasteiger charge is 2.63. The van der Waals surface area contributed by atoms with Crippen molar-refractivity contribution in [3.63, 3.8) is 0 Å². The van der Waals surface area contributed by atoms with Crippen molar-refractivity contribution in [1.82, 2.24) is 0 Å². The quantitative estimate of drug-likeness (QED) is 0.750. The van der Waals surface area contributed by atoms with Crippen LogP contribution in [0.15, 0.2) is 27.6 Å². The summed E-state index contributed by atoms with van der Waals surface area (Å²) in [5.74, 6) is 1.92. The van der Waals surface area contributed by atoms with Gasteiger partial charge in [0.1, 0.15) is 5.78 Å². The van der Waals surface area contributed by atoms with E-state index in [9.17, 15) is 14.7 Å². The molecule has 0 radical (unpaired) electrons. The fraction of sp³-hybridized carbons (Fsp3) is 0.750. The van der Waals surface area contributed by atoms with E-state index in [1.54, 1.807) is 6.26 Å². The molecule has 0 aromatic carbocycles. The number of hydrogen-bond donors (Lipinski definition) is 1. The first-order chi connectivity index (χ1) is 13.3. The highest BCUT2D eigenvalue weighted by molar-refractivity contribution is 5.78. The Morgan fingerprint density at radius 1 is 1.04 bits per heavy atom. The molecule has 0 amide bonds. The molecular formula is C24H34O4. The Morgan fingerprint density at radius 3 is 2.61 bits per heavy atom. The van der Waals surface area contributed by atoms with Gasteiger partial charge in [0.15, 0.2) is 0 Å². The van der Waals surface area contributed by atoms with E-state index in [0.29, 0.717) is 36.4 Å². The van der Waals surface area contributed by atoms with Gasteiger partial charge in [-0.2, -0.15) is 0 Å². The molecule has 0 aliphatic heterocycles. The van der Waals surface area contributed by atoms with E-state index in [1.165, 1.54) is 6.07 Å². The van der Waals surface area contributed by atoms with Gasteiger partial charge in [0.25, 0.3) is 0 Å². The maximum atomic E-state index is 12.1. The summed E-state index contributed by atoms with van der Waals surface area (Å²) < 4.78 is 5.16. The fourth-order valence-corrected chi connectivity index (χ4v) is 6.94. The molecule has 1 aromatic heterocycles. The molecule has 1 aromatic rings. The molecule has 3 saturated carbocycles. The van der Waals surface area contributed by atoms with Crippen LogP contribution < -0.4 is 5.63 Å². The molecule has 28 heavy (non-hydrogen) atoms. The first kappa shape index (κ1) is 19.9. The lowest BCUT2D eigenvalue weighted by Gasteiger charge is -2.56. The number of Topliss-reactive ketones (excluding diaryl/α,β-unsaturated/α-hetero) is 1. The van der Waals surface area contributed by atoms with E-state index in [4.69, 9.17) is 4.42 Å². The van der Waals surface area contributed by atoms with E-state index < -0.39 is 5.60 Å². The lowest BCUT2D eigenvalue weighted by atomic mass is 9.52.